The van der Waals surface area contributed by atoms with E-state index in [9.17, 15) is 9.59 Å². The Morgan fingerprint density at radius 1 is 1.05 bits per heavy atom. The van der Waals surface area contributed by atoms with E-state index in [0.717, 1.165) is 16.5 Å². The first-order valence-electron chi connectivity index (χ1n) is 6.53. The fraction of sp³-hybridized carbons (Fsp3) is 0.0588. The number of aromatic nitrogens is 1. The predicted molar refractivity (Wildman–Crippen MR) is 84.1 cm³/mol. The molecule has 0 aliphatic rings. The quantitative estimate of drug-likeness (QED) is 0.751. The summed E-state index contributed by atoms with van der Waals surface area (Å²) in [5.74, 6) is -0.204. The van der Waals surface area contributed by atoms with E-state index in [0.29, 0.717) is 5.02 Å². The predicted octanol–water partition coefficient (Wildman–Crippen LogP) is 3.61. The molecule has 3 rings (SSSR count). The van der Waals surface area contributed by atoms with E-state index in [1.165, 1.54) is 0 Å². The van der Waals surface area contributed by atoms with Gasteiger partial charge in [-0.15, -0.1) is 0 Å². The summed E-state index contributed by atoms with van der Waals surface area (Å²) in [6.45, 7) is 0. The number of hydrogen-bond acceptors (Lipinski definition) is 2. The zero-order valence-electron chi connectivity index (χ0n) is 11.1. The van der Waals surface area contributed by atoms with Crippen LogP contribution in [0.1, 0.15) is 15.9 Å². The topological polar surface area (TPSA) is 49.9 Å². The van der Waals surface area contributed by atoms with Gasteiger partial charge in [0.05, 0.1) is 5.56 Å². The molecule has 0 radical (unpaired) electrons. The molecular weight excluding hydrogens is 286 g/mol. The Balaban J connectivity index is 1.95. The molecule has 0 atom stereocenters. The molecule has 1 heterocycles. The van der Waals surface area contributed by atoms with Crippen LogP contribution in [-0.4, -0.2) is 10.8 Å². The van der Waals surface area contributed by atoms with Crippen molar-refractivity contribution in [2.24, 2.45) is 0 Å². The Bertz CT molecular complexity index is 866. The molecule has 3 nitrogen and oxygen atoms in total. The van der Waals surface area contributed by atoms with Gasteiger partial charge < -0.3 is 4.98 Å². The first kappa shape index (κ1) is 13.6. The lowest BCUT2D eigenvalue weighted by Gasteiger charge is -2.03. The average Bonchev–Trinajstić information content (AvgIpc) is 2.49. The van der Waals surface area contributed by atoms with Crippen molar-refractivity contribution >= 4 is 28.3 Å². The van der Waals surface area contributed by atoms with Crippen LogP contribution in [0, 0.1) is 0 Å². The molecule has 1 N–H and O–H groups in total. The van der Waals surface area contributed by atoms with Crippen LogP contribution in [0.15, 0.2) is 59.4 Å². The highest BCUT2D eigenvalue weighted by molar-refractivity contribution is 6.30. The van der Waals surface area contributed by atoms with Crippen molar-refractivity contribution in [2.75, 3.05) is 0 Å². The minimum absolute atomic E-state index is 0.179. The van der Waals surface area contributed by atoms with E-state index in [-0.39, 0.29) is 23.3 Å². The average molecular weight is 298 g/mol. The molecule has 2 aromatic carbocycles. The molecule has 1 aromatic heterocycles. The van der Waals surface area contributed by atoms with Crippen molar-refractivity contribution in [3.8, 4) is 0 Å². The smallest absolute Gasteiger partial charge is 0.259 e. The largest absolute Gasteiger partial charge is 0.321 e. The minimum atomic E-state index is -0.354. The summed E-state index contributed by atoms with van der Waals surface area (Å²) in [4.78, 5) is 27.1. The fourth-order valence-corrected chi connectivity index (χ4v) is 2.36. The molecule has 21 heavy (non-hydrogen) atoms. The second-order valence-corrected chi connectivity index (χ2v) is 5.26. The molecule has 4 heteroatoms. The number of hydrogen-bond donors (Lipinski definition) is 1. The third kappa shape index (κ3) is 2.88. The van der Waals surface area contributed by atoms with Crippen molar-refractivity contribution in [3.05, 3.63) is 81.1 Å². The van der Waals surface area contributed by atoms with E-state index in [2.05, 4.69) is 4.98 Å². The van der Waals surface area contributed by atoms with Gasteiger partial charge in [-0.3, -0.25) is 9.59 Å². The lowest BCUT2D eigenvalue weighted by atomic mass is 10.0. The van der Waals surface area contributed by atoms with E-state index in [1.807, 2.05) is 24.3 Å². The van der Waals surface area contributed by atoms with Crippen LogP contribution in [0.4, 0.5) is 0 Å². The van der Waals surface area contributed by atoms with Crippen molar-refractivity contribution in [2.45, 2.75) is 6.42 Å². The number of pyridine rings is 1. The number of carbonyl (C=O) groups excluding carboxylic acids is 1. The maximum atomic E-state index is 12.3. The number of benzene rings is 2. The number of para-hydroxylation sites is 1. The second-order valence-electron chi connectivity index (χ2n) is 4.83. The van der Waals surface area contributed by atoms with E-state index < -0.39 is 0 Å². The molecule has 0 bridgehead atoms. The number of rotatable bonds is 3. The van der Waals surface area contributed by atoms with Crippen LogP contribution in [-0.2, 0) is 6.42 Å². The lowest BCUT2D eigenvalue weighted by Crippen LogP contribution is -2.19. The van der Waals surface area contributed by atoms with Gasteiger partial charge in [0.2, 0.25) is 0 Å². The maximum Gasteiger partial charge on any atom is 0.259 e. The molecule has 0 fully saturated rings. The number of aromatic amines is 1. The van der Waals surface area contributed by atoms with Gasteiger partial charge in [-0.05, 0) is 35.2 Å². The lowest BCUT2D eigenvalue weighted by molar-refractivity contribution is 0.0991. The molecule has 0 aliphatic heterocycles. The molecule has 0 unspecified atom stereocenters. The molecule has 3 aromatic rings. The monoisotopic (exact) mass is 297 g/mol. The summed E-state index contributed by atoms with van der Waals surface area (Å²) in [6.07, 6.45) is 0.179. The Morgan fingerprint density at radius 3 is 2.52 bits per heavy atom. The molecule has 0 saturated heterocycles. The van der Waals surface area contributed by atoms with Gasteiger partial charge in [0.1, 0.15) is 0 Å². The van der Waals surface area contributed by atoms with Crippen LogP contribution in [0.25, 0.3) is 10.9 Å². The summed E-state index contributed by atoms with van der Waals surface area (Å²) in [6, 6.07) is 16.1. The number of carbonyl (C=O) groups is 1. The number of nitrogens with one attached hydrogen (secondary N) is 1. The zero-order valence-corrected chi connectivity index (χ0v) is 11.9. The SMILES string of the molecule is O=C(Cc1ccc(Cl)cc1)c1cc2ccccc2[nH]c1=O. The molecule has 104 valence electrons. The fourth-order valence-electron chi connectivity index (χ4n) is 2.24. The maximum absolute atomic E-state index is 12.3. The third-order valence-electron chi connectivity index (χ3n) is 3.33. The minimum Gasteiger partial charge on any atom is -0.321 e. The van der Waals surface area contributed by atoms with Gasteiger partial charge in [-0.1, -0.05) is 41.9 Å². The van der Waals surface area contributed by atoms with E-state index in [1.54, 1.807) is 30.3 Å². The number of halogens is 1. The Hall–Kier alpha value is -2.39. The van der Waals surface area contributed by atoms with Gasteiger partial charge >= 0.3 is 0 Å². The van der Waals surface area contributed by atoms with E-state index >= 15 is 0 Å². The van der Waals surface area contributed by atoms with Crippen molar-refractivity contribution in [1.82, 2.24) is 4.98 Å². The van der Waals surface area contributed by atoms with Gasteiger partial charge in [0.15, 0.2) is 5.78 Å². The van der Waals surface area contributed by atoms with E-state index in [4.69, 9.17) is 11.6 Å². The Labute approximate surface area is 126 Å². The molecule has 0 spiro atoms. The molecule has 0 aliphatic carbocycles. The van der Waals surface area contributed by atoms with Crippen molar-refractivity contribution in [3.63, 3.8) is 0 Å². The normalized spacial score (nSPS) is 10.7. The summed E-state index contributed by atoms with van der Waals surface area (Å²) in [7, 11) is 0. The Kier molecular flexibility index (Phi) is 3.59. The summed E-state index contributed by atoms with van der Waals surface area (Å²) in [5, 5.41) is 1.46. The highest BCUT2D eigenvalue weighted by Gasteiger charge is 2.12. The summed E-state index contributed by atoms with van der Waals surface area (Å²) >= 11 is 5.82. The standard InChI is InChI=1S/C17H12ClNO2/c18-13-7-5-11(6-8-13)9-16(20)14-10-12-3-1-2-4-15(12)19-17(14)21/h1-8,10H,9H2,(H,19,21). The molecule has 0 amide bonds. The van der Waals surface area contributed by atoms with Crippen LogP contribution >= 0.6 is 11.6 Å². The number of Topliss-reactive ketones (excluding diaryl/α,β-unsaturated/α-hetero) is 1. The van der Waals surface area contributed by atoms with Crippen molar-refractivity contribution < 1.29 is 4.79 Å². The van der Waals surface area contributed by atoms with Gasteiger partial charge in [-0.25, -0.2) is 0 Å². The van der Waals surface area contributed by atoms with Crippen LogP contribution in [0.2, 0.25) is 5.02 Å². The Morgan fingerprint density at radius 2 is 1.76 bits per heavy atom. The van der Waals surface area contributed by atoms with Crippen molar-refractivity contribution in [1.29, 1.82) is 0 Å². The van der Waals surface area contributed by atoms with Crippen LogP contribution in [0.3, 0.4) is 0 Å². The first-order valence-corrected chi connectivity index (χ1v) is 6.91. The zero-order chi connectivity index (χ0) is 14.8. The number of ketones is 1. The number of fused-ring (bicyclic) bond motifs is 1. The van der Waals surface area contributed by atoms with Gasteiger partial charge in [-0.2, -0.15) is 0 Å². The molecular formula is C17H12ClNO2. The summed E-state index contributed by atoms with van der Waals surface area (Å²) < 4.78 is 0. The van der Waals surface area contributed by atoms with Gasteiger partial charge in [0.25, 0.3) is 5.56 Å². The summed E-state index contributed by atoms with van der Waals surface area (Å²) in [5.41, 5.74) is 1.39. The van der Waals surface area contributed by atoms with Gasteiger partial charge in [0, 0.05) is 17.0 Å². The first-order chi connectivity index (χ1) is 10.1. The third-order valence-corrected chi connectivity index (χ3v) is 3.58. The highest BCUT2D eigenvalue weighted by Crippen LogP contribution is 2.14. The second kappa shape index (κ2) is 5.54. The number of H-pyrrole nitrogens is 1. The van der Waals surface area contributed by atoms with Crippen LogP contribution in [0.5, 0.6) is 0 Å². The molecule has 0 saturated carbocycles. The highest BCUT2D eigenvalue weighted by atomic mass is 35.5. The van der Waals surface area contributed by atoms with Crippen LogP contribution < -0.4 is 5.56 Å².